The Labute approximate surface area is 147 Å². The van der Waals surface area contributed by atoms with Crippen LogP contribution in [0.2, 0.25) is 5.02 Å². The second-order valence-corrected chi connectivity index (χ2v) is 5.74. The Morgan fingerprint density at radius 1 is 1.00 bits per heavy atom. The van der Waals surface area contributed by atoms with Gasteiger partial charge < -0.3 is 15.5 Å². The van der Waals surface area contributed by atoms with E-state index in [-0.39, 0.29) is 11.1 Å². The van der Waals surface area contributed by atoms with Gasteiger partial charge in [-0.1, -0.05) is 48.0 Å². The largest absolute Gasteiger partial charge is 0.506 e. The molecule has 0 radical (unpaired) electrons. The van der Waals surface area contributed by atoms with E-state index in [0.29, 0.717) is 16.1 Å². The van der Waals surface area contributed by atoms with Gasteiger partial charge in [0.2, 0.25) is 5.78 Å². The zero-order chi connectivity index (χ0) is 18.1. The Morgan fingerprint density at radius 3 is 2.32 bits per heavy atom. The number of carboxylic acids is 1. The quantitative estimate of drug-likeness (QED) is 0.730. The van der Waals surface area contributed by atoms with Gasteiger partial charge in [0.15, 0.2) is 0 Å². The number of carbonyl (C=O) groups is 3. The highest BCUT2D eigenvalue weighted by Gasteiger charge is 2.36. The van der Waals surface area contributed by atoms with E-state index in [9.17, 15) is 19.5 Å². The lowest BCUT2D eigenvalue weighted by Crippen LogP contribution is -2.32. The van der Waals surface area contributed by atoms with Gasteiger partial charge in [0.1, 0.15) is 17.9 Å². The maximum atomic E-state index is 12.5. The number of hydrogen-bond acceptors (Lipinski definition) is 4. The molecule has 1 amide bonds. The second-order valence-electron chi connectivity index (χ2n) is 5.34. The normalized spacial score (nSPS) is 12.9. The predicted octanol–water partition coefficient (Wildman–Crippen LogP) is 2.67. The van der Waals surface area contributed by atoms with Gasteiger partial charge >= 0.3 is 5.97 Å². The highest BCUT2D eigenvalue weighted by Crippen LogP contribution is 2.40. The molecule has 0 aliphatic heterocycles. The fraction of sp³-hybridized carbons (Fsp3) is 0.0556. The predicted molar refractivity (Wildman–Crippen MR) is 91.4 cm³/mol. The Morgan fingerprint density at radius 2 is 1.64 bits per heavy atom. The summed E-state index contributed by atoms with van der Waals surface area (Å²) in [5.41, 5.74) is 1.01. The lowest BCUT2D eigenvalue weighted by atomic mass is 9.96. The van der Waals surface area contributed by atoms with E-state index >= 15 is 0 Å². The number of Topliss-reactive ketones (excluding diaryl/α,β-unsaturated/α-hetero) is 1. The zero-order valence-corrected chi connectivity index (χ0v) is 13.5. The summed E-state index contributed by atoms with van der Waals surface area (Å²) in [6.07, 6.45) is 0. The van der Waals surface area contributed by atoms with Gasteiger partial charge in [0.25, 0.3) is 5.91 Å². The summed E-state index contributed by atoms with van der Waals surface area (Å²) in [6, 6.07) is 11.7. The van der Waals surface area contributed by atoms with Gasteiger partial charge in [0.05, 0.1) is 0 Å². The van der Waals surface area contributed by atoms with Crippen molar-refractivity contribution >= 4 is 35.0 Å². The summed E-state index contributed by atoms with van der Waals surface area (Å²) in [5.74, 6) is -3.35. The number of carboxylic acid groups (broad SMARTS) is 1. The summed E-state index contributed by atoms with van der Waals surface area (Å²) in [6.45, 7) is -0.656. The summed E-state index contributed by atoms with van der Waals surface area (Å²) in [5, 5.41) is 21.6. The van der Waals surface area contributed by atoms with Crippen LogP contribution in [0.1, 0.15) is 15.9 Å². The molecule has 0 unspecified atom stereocenters. The number of nitrogens with one attached hydrogen (secondary N) is 1. The van der Waals surface area contributed by atoms with Crippen LogP contribution in [0, 0.1) is 0 Å². The second kappa shape index (κ2) is 6.41. The lowest BCUT2D eigenvalue weighted by molar-refractivity contribution is -0.137. The number of rotatable bonds is 4. The van der Waals surface area contributed by atoms with Crippen LogP contribution in [0.4, 0.5) is 0 Å². The van der Waals surface area contributed by atoms with E-state index in [1.54, 1.807) is 36.4 Å². The number of halogens is 1. The number of benzene rings is 2. The molecule has 7 heteroatoms. The van der Waals surface area contributed by atoms with Crippen LogP contribution < -0.4 is 5.32 Å². The molecule has 1 aliphatic rings. The molecule has 6 nitrogen and oxygen atoms in total. The molecule has 0 heterocycles. The van der Waals surface area contributed by atoms with Crippen molar-refractivity contribution in [2.24, 2.45) is 0 Å². The molecule has 2 aromatic rings. The molecule has 0 bridgehead atoms. The van der Waals surface area contributed by atoms with Gasteiger partial charge in [-0.15, -0.1) is 0 Å². The molecule has 126 valence electrons. The molecule has 0 atom stereocenters. The van der Waals surface area contributed by atoms with Crippen LogP contribution in [-0.2, 0) is 9.59 Å². The Kier molecular flexibility index (Phi) is 4.29. The van der Waals surface area contributed by atoms with E-state index in [1.807, 2.05) is 0 Å². The Balaban J connectivity index is 2.12. The summed E-state index contributed by atoms with van der Waals surface area (Å²) in [7, 11) is 0. The number of amides is 1. The summed E-state index contributed by atoms with van der Waals surface area (Å²) in [4.78, 5) is 35.2. The molecule has 0 saturated heterocycles. The fourth-order valence-electron chi connectivity index (χ4n) is 2.72. The third-order valence-corrected chi connectivity index (χ3v) is 4.13. The first-order valence-electron chi connectivity index (χ1n) is 7.28. The fourth-order valence-corrected chi connectivity index (χ4v) is 2.96. The highest BCUT2D eigenvalue weighted by atomic mass is 35.5. The molecule has 3 N–H and O–H groups in total. The summed E-state index contributed by atoms with van der Waals surface area (Å²) < 4.78 is 0. The number of fused-ring (bicyclic) bond motifs is 1. The van der Waals surface area contributed by atoms with Crippen LogP contribution in [0.5, 0.6) is 0 Å². The van der Waals surface area contributed by atoms with E-state index in [1.165, 1.54) is 6.07 Å². The first kappa shape index (κ1) is 16.7. The third kappa shape index (κ3) is 2.88. The van der Waals surface area contributed by atoms with Crippen molar-refractivity contribution in [2.75, 3.05) is 6.54 Å². The van der Waals surface area contributed by atoms with Crippen molar-refractivity contribution in [1.82, 2.24) is 5.32 Å². The number of carbonyl (C=O) groups excluding carboxylic acids is 2. The number of aliphatic hydroxyl groups is 1. The summed E-state index contributed by atoms with van der Waals surface area (Å²) >= 11 is 6.20. The van der Waals surface area contributed by atoms with Crippen LogP contribution in [0.15, 0.2) is 48.0 Å². The molecule has 1 aliphatic carbocycles. The van der Waals surface area contributed by atoms with Gasteiger partial charge in [0, 0.05) is 21.7 Å². The molecule has 3 rings (SSSR count). The Hall–Kier alpha value is -3.12. The monoisotopic (exact) mass is 357 g/mol. The lowest BCUT2D eigenvalue weighted by Gasteiger charge is -2.10. The van der Waals surface area contributed by atoms with Gasteiger partial charge in [-0.2, -0.15) is 0 Å². The van der Waals surface area contributed by atoms with Crippen molar-refractivity contribution in [1.29, 1.82) is 0 Å². The molecule has 0 spiro atoms. The zero-order valence-electron chi connectivity index (χ0n) is 12.7. The highest BCUT2D eigenvalue weighted by molar-refractivity contribution is 6.36. The minimum atomic E-state index is -1.26. The van der Waals surface area contributed by atoms with Gasteiger partial charge in [-0.3, -0.25) is 14.4 Å². The SMILES string of the molecule is O=C(O)CNC(=O)C1=C(O)c2c(cccc2-c2ccccc2Cl)C1=O. The van der Waals surface area contributed by atoms with Crippen LogP contribution in [-0.4, -0.2) is 34.4 Å². The first-order valence-corrected chi connectivity index (χ1v) is 7.66. The first-order chi connectivity index (χ1) is 11.9. The van der Waals surface area contributed by atoms with Crippen molar-refractivity contribution in [3.63, 3.8) is 0 Å². The van der Waals surface area contributed by atoms with Crippen LogP contribution in [0.3, 0.4) is 0 Å². The van der Waals surface area contributed by atoms with E-state index in [0.717, 1.165) is 0 Å². The van der Waals surface area contributed by atoms with Crippen molar-refractivity contribution < 1.29 is 24.6 Å². The van der Waals surface area contributed by atoms with Crippen LogP contribution in [0.25, 0.3) is 16.9 Å². The van der Waals surface area contributed by atoms with Crippen molar-refractivity contribution in [2.45, 2.75) is 0 Å². The Bertz CT molecular complexity index is 948. The molecule has 0 saturated carbocycles. The van der Waals surface area contributed by atoms with Gasteiger partial charge in [-0.05, 0) is 11.6 Å². The topological polar surface area (TPSA) is 104 Å². The third-order valence-electron chi connectivity index (χ3n) is 3.80. The van der Waals surface area contributed by atoms with E-state index in [4.69, 9.17) is 16.7 Å². The number of aliphatic hydroxyl groups excluding tert-OH is 1. The van der Waals surface area contributed by atoms with Crippen molar-refractivity contribution in [3.05, 3.63) is 64.2 Å². The van der Waals surface area contributed by atoms with Crippen LogP contribution >= 0.6 is 11.6 Å². The number of ketones is 1. The molecular weight excluding hydrogens is 346 g/mol. The molecule has 25 heavy (non-hydrogen) atoms. The molecular formula is C18H12ClNO5. The average Bonchev–Trinajstić information content (AvgIpc) is 2.84. The maximum Gasteiger partial charge on any atom is 0.322 e. The average molecular weight is 358 g/mol. The van der Waals surface area contributed by atoms with E-state index in [2.05, 4.69) is 5.32 Å². The minimum Gasteiger partial charge on any atom is -0.506 e. The van der Waals surface area contributed by atoms with Crippen molar-refractivity contribution in [3.8, 4) is 11.1 Å². The maximum absolute atomic E-state index is 12.5. The standard InChI is InChI=1S/C18H12ClNO5/c19-12-7-2-1-4-9(12)10-5-3-6-11-14(10)17(24)15(16(11)23)18(25)20-8-13(21)22/h1-7,24H,8H2,(H,20,25)(H,21,22). The minimum absolute atomic E-state index is 0.162. The number of aliphatic carboxylic acids is 1. The molecule has 2 aromatic carbocycles. The number of hydrogen-bond donors (Lipinski definition) is 3. The van der Waals surface area contributed by atoms with E-state index < -0.39 is 35.5 Å². The molecule has 0 fully saturated rings. The van der Waals surface area contributed by atoms with Gasteiger partial charge in [-0.25, -0.2) is 0 Å². The molecule has 0 aromatic heterocycles. The smallest absolute Gasteiger partial charge is 0.322 e.